The van der Waals surface area contributed by atoms with E-state index in [2.05, 4.69) is 34.1 Å². The summed E-state index contributed by atoms with van der Waals surface area (Å²) in [5.41, 5.74) is 3.25. The summed E-state index contributed by atoms with van der Waals surface area (Å²) >= 11 is 0. The van der Waals surface area contributed by atoms with Gasteiger partial charge in [0.15, 0.2) is 0 Å². The minimum absolute atomic E-state index is 0.0839. The number of aliphatic hydroxyl groups excluding tert-OH is 3. The number of likely N-dealkylation sites (tertiary alicyclic amines) is 1. The van der Waals surface area contributed by atoms with Gasteiger partial charge in [0, 0.05) is 32.0 Å². The molecule has 1 aliphatic heterocycles. The van der Waals surface area contributed by atoms with Crippen LogP contribution in [0.2, 0.25) is 0 Å². The lowest BCUT2D eigenvalue weighted by molar-refractivity contribution is 0.0107. The van der Waals surface area contributed by atoms with Crippen LogP contribution in [-0.2, 0) is 0 Å². The number of imidazole rings is 1. The lowest BCUT2D eigenvalue weighted by atomic mass is 10.0. The fourth-order valence-electron chi connectivity index (χ4n) is 4.02. The van der Waals surface area contributed by atoms with E-state index in [1.54, 1.807) is 23.9 Å². The van der Waals surface area contributed by atoms with Gasteiger partial charge < -0.3 is 24.6 Å². The minimum Gasteiger partial charge on any atom is -0.488 e. The van der Waals surface area contributed by atoms with Crippen molar-refractivity contribution in [1.29, 1.82) is 0 Å². The summed E-state index contributed by atoms with van der Waals surface area (Å²) in [6.45, 7) is 4.18. The number of rotatable bonds is 10. The van der Waals surface area contributed by atoms with Crippen LogP contribution >= 0.6 is 0 Å². The van der Waals surface area contributed by atoms with Crippen LogP contribution in [-0.4, -0.2) is 68.7 Å². The maximum atomic E-state index is 9.86. The van der Waals surface area contributed by atoms with E-state index in [-0.39, 0.29) is 25.4 Å². The van der Waals surface area contributed by atoms with Crippen molar-refractivity contribution >= 4 is 6.08 Å². The first-order chi connectivity index (χ1) is 16.1. The summed E-state index contributed by atoms with van der Waals surface area (Å²) in [7, 11) is 0. The second-order valence-electron chi connectivity index (χ2n) is 8.35. The highest BCUT2D eigenvalue weighted by Gasteiger charge is 2.27. The van der Waals surface area contributed by atoms with Crippen LogP contribution in [0.5, 0.6) is 5.75 Å². The van der Waals surface area contributed by atoms with Crippen molar-refractivity contribution in [2.45, 2.75) is 25.2 Å². The molecule has 0 aliphatic carbocycles. The van der Waals surface area contributed by atoms with Crippen molar-refractivity contribution in [2.75, 3.05) is 32.8 Å². The maximum Gasteiger partial charge on any atom is 0.137 e. The molecule has 2 heterocycles. The number of nitrogens with zero attached hydrogens (tertiary/aromatic N) is 3. The first-order valence-electron chi connectivity index (χ1n) is 11.3. The van der Waals surface area contributed by atoms with Crippen LogP contribution in [0.15, 0.2) is 67.0 Å². The Morgan fingerprint density at radius 2 is 1.73 bits per heavy atom. The third kappa shape index (κ3) is 5.69. The average molecular weight is 450 g/mol. The number of hydrogen-bond acceptors (Lipinski definition) is 6. The molecule has 1 saturated heterocycles. The predicted octanol–water partition coefficient (Wildman–Crippen LogP) is 2.91. The first kappa shape index (κ1) is 23.2. The van der Waals surface area contributed by atoms with Gasteiger partial charge in [-0.3, -0.25) is 4.90 Å². The Morgan fingerprint density at radius 1 is 1.06 bits per heavy atom. The van der Waals surface area contributed by atoms with Gasteiger partial charge >= 0.3 is 0 Å². The Bertz CT molecular complexity index is 1040. The van der Waals surface area contributed by atoms with E-state index < -0.39 is 6.10 Å². The molecule has 0 saturated carbocycles. The van der Waals surface area contributed by atoms with E-state index in [1.807, 2.05) is 36.4 Å². The van der Waals surface area contributed by atoms with E-state index in [1.165, 1.54) is 0 Å². The molecule has 0 spiro atoms. The summed E-state index contributed by atoms with van der Waals surface area (Å²) < 4.78 is 7.77. The number of β-amino-alcohol motifs (C(OH)–C–C–N with tert-alkyl or cyclic N) is 1. The van der Waals surface area contributed by atoms with Gasteiger partial charge in [0.2, 0.25) is 0 Å². The van der Waals surface area contributed by atoms with Crippen LogP contribution in [0.25, 0.3) is 17.2 Å². The van der Waals surface area contributed by atoms with Crippen molar-refractivity contribution in [3.05, 3.63) is 78.4 Å². The molecule has 1 unspecified atom stereocenters. The first-order valence-corrected chi connectivity index (χ1v) is 11.3. The fraction of sp³-hybridized carbons (Fsp3) is 0.346. The number of benzene rings is 2. The SMILES string of the molecule is C[C@H](O)c1nccn1C(/C=C/c1ccc(-c2ccc(OC3CN(CCO)C3)cc2)cc1)CO. The van der Waals surface area contributed by atoms with Gasteiger partial charge in [0.25, 0.3) is 0 Å². The van der Waals surface area contributed by atoms with Crippen molar-refractivity contribution in [3.63, 3.8) is 0 Å². The molecule has 4 rings (SSSR count). The van der Waals surface area contributed by atoms with Gasteiger partial charge in [-0.15, -0.1) is 0 Å². The van der Waals surface area contributed by atoms with Crippen LogP contribution in [0.1, 0.15) is 30.5 Å². The van der Waals surface area contributed by atoms with Crippen molar-refractivity contribution in [2.24, 2.45) is 0 Å². The lowest BCUT2D eigenvalue weighted by Gasteiger charge is -2.38. The van der Waals surface area contributed by atoms with Gasteiger partial charge in [0.05, 0.1) is 19.3 Å². The zero-order chi connectivity index (χ0) is 23.2. The van der Waals surface area contributed by atoms with Gasteiger partial charge in [-0.05, 0) is 35.7 Å². The molecule has 0 amide bonds. The van der Waals surface area contributed by atoms with E-state index >= 15 is 0 Å². The van der Waals surface area contributed by atoms with Gasteiger partial charge in [-0.1, -0.05) is 48.6 Å². The highest BCUT2D eigenvalue weighted by atomic mass is 16.5. The van der Waals surface area contributed by atoms with Crippen LogP contribution in [0, 0.1) is 0 Å². The molecule has 0 bridgehead atoms. The number of aromatic nitrogens is 2. The molecule has 2 atom stereocenters. The summed E-state index contributed by atoms with van der Waals surface area (Å²) in [5, 5.41) is 28.6. The molecule has 7 heteroatoms. The van der Waals surface area contributed by atoms with Gasteiger partial charge in [0.1, 0.15) is 23.8 Å². The Balaban J connectivity index is 1.36. The Labute approximate surface area is 194 Å². The molecule has 174 valence electrons. The topological polar surface area (TPSA) is 91.0 Å². The quantitative estimate of drug-likeness (QED) is 0.441. The molecular weight excluding hydrogens is 418 g/mol. The molecule has 3 N–H and O–H groups in total. The highest BCUT2D eigenvalue weighted by molar-refractivity contribution is 5.66. The molecule has 0 radical (unpaired) electrons. The van der Waals surface area contributed by atoms with Crippen molar-refractivity contribution in [3.8, 4) is 16.9 Å². The summed E-state index contributed by atoms with van der Waals surface area (Å²) in [6, 6.07) is 16.0. The van der Waals surface area contributed by atoms with Gasteiger partial charge in [-0.2, -0.15) is 0 Å². The number of hydrogen-bond donors (Lipinski definition) is 3. The van der Waals surface area contributed by atoms with Crippen LogP contribution < -0.4 is 4.74 Å². The maximum absolute atomic E-state index is 9.86. The Morgan fingerprint density at radius 3 is 2.33 bits per heavy atom. The number of ether oxygens (including phenoxy) is 1. The van der Waals surface area contributed by atoms with Crippen LogP contribution in [0.3, 0.4) is 0 Å². The average Bonchev–Trinajstić information content (AvgIpc) is 3.29. The van der Waals surface area contributed by atoms with E-state index in [0.717, 1.165) is 35.5 Å². The fourth-order valence-corrected chi connectivity index (χ4v) is 4.02. The van der Waals surface area contributed by atoms with Crippen molar-refractivity contribution < 1.29 is 20.1 Å². The van der Waals surface area contributed by atoms with E-state index in [4.69, 9.17) is 9.84 Å². The normalized spacial score (nSPS) is 16.6. The summed E-state index contributed by atoms with van der Waals surface area (Å²) in [5.74, 6) is 1.39. The molecule has 7 nitrogen and oxygen atoms in total. The summed E-state index contributed by atoms with van der Waals surface area (Å²) in [4.78, 5) is 6.34. The number of aliphatic hydroxyl groups is 3. The molecule has 1 fully saturated rings. The third-order valence-corrected chi connectivity index (χ3v) is 5.87. The summed E-state index contributed by atoms with van der Waals surface area (Å²) in [6.07, 6.45) is 6.76. The standard InChI is InChI=1S/C26H31N3O4/c1-19(32)26-27-12-13-29(26)23(18-31)9-4-20-2-5-21(6-3-20)22-7-10-24(11-8-22)33-25-16-28(17-25)14-15-30/h2-13,19,23,25,30-32H,14-18H2,1H3/b9-4+/t19-,23?/m0/s1. The molecular formula is C26H31N3O4. The largest absolute Gasteiger partial charge is 0.488 e. The van der Waals surface area contributed by atoms with E-state index in [9.17, 15) is 10.2 Å². The molecule has 33 heavy (non-hydrogen) atoms. The monoisotopic (exact) mass is 449 g/mol. The van der Waals surface area contributed by atoms with Gasteiger partial charge in [-0.25, -0.2) is 4.98 Å². The zero-order valence-electron chi connectivity index (χ0n) is 18.8. The van der Waals surface area contributed by atoms with Crippen molar-refractivity contribution in [1.82, 2.24) is 14.5 Å². The molecule has 2 aromatic carbocycles. The smallest absolute Gasteiger partial charge is 0.137 e. The lowest BCUT2D eigenvalue weighted by Crippen LogP contribution is -2.54. The second-order valence-corrected chi connectivity index (χ2v) is 8.35. The molecule has 3 aromatic rings. The molecule has 1 aliphatic rings. The Kier molecular flexibility index (Phi) is 7.57. The third-order valence-electron chi connectivity index (χ3n) is 5.87. The van der Waals surface area contributed by atoms with Crippen LogP contribution in [0.4, 0.5) is 0 Å². The Hall–Kier alpha value is -2.97. The zero-order valence-corrected chi connectivity index (χ0v) is 18.8. The predicted molar refractivity (Wildman–Crippen MR) is 128 cm³/mol. The second kappa shape index (κ2) is 10.8. The minimum atomic E-state index is -0.701. The highest BCUT2D eigenvalue weighted by Crippen LogP contribution is 2.25. The van der Waals surface area contributed by atoms with E-state index in [0.29, 0.717) is 12.4 Å². The molecule has 1 aromatic heterocycles.